The maximum atomic E-state index is 14.0. The number of halogens is 1. The van der Waals surface area contributed by atoms with E-state index in [4.69, 9.17) is 0 Å². The monoisotopic (exact) mass is 288 g/mol. The first-order chi connectivity index (χ1) is 9.74. The van der Waals surface area contributed by atoms with Gasteiger partial charge in [-0.25, -0.2) is 9.49 Å². The van der Waals surface area contributed by atoms with E-state index in [9.17, 15) is 9.18 Å². The number of hydrogen-bond acceptors (Lipinski definition) is 4. The summed E-state index contributed by atoms with van der Waals surface area (Å²) in [7, 11) is 0. The van der Waals surface area contributed by atoms with Crippen molar-refractivity contribution in [3.63, 3.8) is 0 Å². The standard InChI is InChI=1S/C13H9FN4OS/c14-10-6-8(11-2-1-5-20-11)3-4-9(10)12(19)17-13-15-7-16-18-13/h1-7H,(H2,15,16,17,18,19). The number of benzene rings is 1. The quantitative estimate of drug-likeness (QED) is 0.778. The maximum Gasteiger partial charge on any atom is 0.260 e. The lowest BCUT2D eigenvalue weighted by Gasteiger charge is -2.05. The molecule has 0 radical (unpaired) electrons. The van der Waals surface area contributed by atoms with Gasteiger partial charge in [-0.15, -0.1) is 11.3 Å². The van der Waals surface area contributed by atoms with E-state index in [-0.39, 0.29) is 11.5 Å². The number of H-pyrrole nitrogens is 1. The molecular weight excluding hydrogens is 279 g/mol. The van der Waals surface area contributed by atoms with Gasteiger partial charge < -0.3 is 0 Å². The highest BCUT2D eigenvalue weighted by atomic mass is 32.1. The molecule has 5 nitrogen and oxygen atoms in total. The second-order valence-electron chi connectivity index (χ2n) is 3.96. The first-order valence-electron chi connectivity index (χ1n) is 5.74. The number of amides is 1. The van der Waals surface area contributed by atoms with Crippen molar-refractivity contribution in [2.45, 2.75) is 0 Å². The first kappa shape index (κ1) is 12.5. The summed E-state index contributed by atoms with van der Waals surface area (Å²) in [5, 5.41) is 10.4. The first-order valence-corrected chi connectivity index (χ1v) is 6.62. The Morgan fingerprint density at radius 2 is 2.25 bits per heavy atom. The Morgan fingerprint density at radius 1 is 1.35 bits per heavy atom. The van der Waals surface area contributed by atoms with Crippen LogP contribution in [0, 0.1) is 5.82 Å². The second kappa shape index (κ2) is 5.22. The number of anilines is 1. The summed E-state index contributed by atoms with van der Waals surface area (Å²) in [5.74, 6) is -0.971. The smallest absolute Gasteiger partial charge is 0.260 e. The summed E-state index contributed by atoms with van der Waals surface area (Å²) < 4.78 is 14.0. The minimum absolute atomic E-state index is 0.0401. The number of hydrogen-bond donors (Lipinski definition) is 2. The number of carbonyl (C=O) groups is 1. The van der Waals surface area contributed by atoms with Gasteiger partial charge in [-0.1, -0.05) is 12.1 Å². The average molecular weight is 288 g/mol. The average Bonchev–Trinajstić information content (AvgIpc) is 3.11. The fraction of sp³-hybridized carbons (Fsp3) is 0. The molecule has 3 aromatic rings. The molecule has 2 aromatic heterocycles. The van der Waals surface area contributed by atoms with E-state index in [0.29, 0.717) is 0 Å². The molecule has 1 amide bonds. The third kappa shape index (κ3) is 2.43. The van der Waals surface area contributed by atoms with Gasteiger partial charge in [0.05, 0.1) is 5.56 Å². The van der Waals surface area contributed by atoms with E-state index >= 15 is 0 Å². The van der Waals surface area contributed by atoms with E-state index in [0.717, 1.165) is 10.4 Å². The minimum atomic E-state index is -0.576. The van der Waals surface area contributed by atoms with Gasteiger partial charge in [-0.05, 0) is 29.1 Å². The molecule has 2 N–H and O–H groups in total. The third-order valence-electron chi connectivity index (χ3n) is 2.67. The van der Waals surface area contributed by atoms with Crippen LogP contribution in [-0.2, 0) is 0 Å². The normalized spacial score (nSPS) is 10.4. The third-order valence-corrected chi connectivity index (χ3v) is 3.59. The predicted octanol–water partition coefficient (Wildman–Crippen LogP) is 2.92. The molecule has 0 saturated carbocycles. The number of thiophene rings is 1. The zero-order valence-electron chi connectivity index (χ0n) is 10.1. The van der Waals surface area contributed by atoms with Crippen molar-refractivity contribution in [2.24, 2.45) is 0 Å². The second-order valence-corrected chi connectivity index (χ2v) is 4.91. The number of aromatic amines is 1. The van der Waals surface area contributed by atoms with Crippen LogP contribution in [0.25, 0.3) is 10.4 Å². The molecule has 0 spiro atoms. The molecular formula is C13H9FN4OS. The van der Waals surface area contributed by atoms with E-state index in [1.807, 2.05) is 17.5 Å². The van der Waals surface area contributed by atoms with Crippen molar-refractivity contribution in [3.8, 4) is 10.4 Å². The van der Waals surface area contributed by atoms with Gasteiger partial charge in [-0.2, -0.15) is 10.1 Å². The summed E-state index contributed by atoms with van der Waals surface area (Å²) >= 11 is 1.51. The van der Waals surface area contributed by atoms with Gasteiger partial charge in [-0.3, -0.25) is 10.1 Å². The van der Waals surface area contributed by atoms with Gasteiger partial charge in [0.1, 0.15) is 12.1 Å². The van der Waals surface area contributed by atoms with Crippen LogP contribution in [-0.4, -0.2) is 21.1 Å². The summed E-state index contributed by atoms with van der Waals surface area (Å²) in [5.41, 5.74) is 0.704. The van der Waals surface area contributed by atoms with Gasteiger partial charge in [0.25, 0.3) is 5.91 Å². The summed E-state index contributed by atoms with van der Waals surface area (Å²) in [6, 6.07) is 8.30. The molecule has 0 atom stereocenters. The number of nitrogens with one attached hydrogen (secondary N) is 2. The van der Waals surface area contributed by atoms with Crippen LogP contribution in [0.2, 0.25) is 0 Å². The Kier molecular flexibility index (Phi) is 3.26. The highest BCUT2D eigenvalue weighted by molar-refractivity contribution is 7.13. The lowest BCUT2D eigenvalue weighted by Crippen LogP contribution is -2.14. The van der Waals surface area contributed by atoms with Gasteiger partial charge in [0.15, 0.2) is 0 Å². The molecule has 100 valence electrons. The van der Waals surface area contributed by atoms with Crippen molar-refractivity contribution in [1.29, 1.82) is 0 Å². The summed E-state index contributed by atoms with van der Waals surface area (Å²) in [6.07, 6.45) is 1.26. The molecule has 0 fully saturated rings. The van der Waals surface area contributed by atoms with Crippen molar-refractivity contribution in [3.05, 3.63) is 53.4 Å². The van der Waals surface area contributed by atoms with Crippen LogP contribution in [0.4, 0.5) is 10.3 Å². The molecule has 0 bridgehead atoms. The zero-order valence-corrected chi connectivity index (χ0v) is 10.9. The molecule has 0 aliphatic carbocycles. The molecule has 20 heavy (non-hydrogen) atoms. The molecule has 0 aliphatic heterocycles. The molecule has 0 unspecified atom stereocenters. The van der Waals surface area contributed by atoms with Crippen molar-refractivity contribution in [2.75, 3.05) is 5.32 Å². The Bertz CT molecular complexity index is 725. The molecule has 2 heterocycles. The number of carbonyl (C=O) groups excluding carboxylic acids is 1. The highest BCUT2D eigenvalue weighted by Crippen LogP contribution is 2.26. The Balaban J connectivity index is 1.86. The number of nitrogens with zero attached hydrogens (tertiary/aromatic N) is 2. The Morgan fingerprint density at radius 3 is 2.90 bits per heavy atom. The fourth-order valence-corrected chi connectivity index (χ4v) is 2.46. The number of aromatic nitrogens is 3. The van der Waals surface area contributed by atoms with E-state index in [2.05, 4.69) is 20.5 Å². The Labute approximate surface area is 117 Å². The van der Waals surface area contributed by atoms with Crippen molar-refractivity contribution in [1.82, 2.24) is 15.2 Å². The maximum absolute atomic E-state index is 14.0. The van der Waals surface area contributed by atoms with Crippen LogP contribution in [0.1, 0.15) is 10.4 Å². The van der Waals surface area contributed by atoms with Crippen molar-refractivity contribution >= 4 is 23.2 Å². The van der Waals surface area contributed by atoms with E-state index in [1.54, 1.807) is 6.07 Å². The van der Waals surface area contributed by atoms with Crippen LogP contribution in [0.15, 0.2) is 42.0 Å². The minimum Gasteiger partial charge on any atom is -0.291 e. The fourth-order valence-electron chi connectivity index (χ4n) is 1.74. The molecule has 3 rings (SSSR count). The van der Waals surface area contributed by atoms with Crippen LogP contribution >= 0.6 is 11.3 Å². The van der Waals surface area contributed by atoms with E-state index in [1.165, 1.54) is 29.8 Å². The van der Waals surface area contributed by atoms with E-state index < -0.39 is 11.7 Å². The largest absolute Gasteiger partial charge is 0.291 e. The lowest BCUT2D eigenvalue weighted by atomic mass is 10.1. The highest BCUT2D eigenvalue weighted by Gasteiger charge is 2.14. The van der Waals surface area contributed by atoms with Gasteiger partial charge >= 0.3 is 0 Å². The zero-order chi connectivity index (χ0) is 13.9. The van der Waals surface area contributed by atoms with Crippen LogP contribution in [0.3, 0.4) is 0 Å². The molecule has 7 heteroatoms. The summed E-state index contributed by atoms with van der Waals surface area (Å²) in [6.45, 7) is 0. The van der Waals surface area contributed by atoms with Crippen LogP contribution in [0.5, 0.6) is 0 Å². The molecule has 0 aliphatic rings. The van der Waals surface area contributed by atoms with Gasteiger partial charge in [0.2, 0.25) is 5.95 Å². The summed E-state index contributed by atoms with van der Waals surface area (Å²) in [4.78, 5) is 16.6. The van der Waals surface area contributed by atoms with Gasteiger partial charge in [0, 0.05) is 4.88 Å². The number of rotatable bonds is 3. The SMILES string of the molecule is O=C(Nc1ncn[nH]1)c1ccc(-c2cccs2)cc1F. The Hall–Kier alpha value is -2.54. The molecule has 0 saturated heterocycles. The lowest BCUT2D eigenvalue weighted by molar-refractivity contribution is 0.102. The van der Waals surface area contributed by atoms with Crippen LogP contribution < -0.4 is 5.32 Å². The van der Waals surface area contributed by atoms with Crippen molar-refractivity contribution < 1.29 is 9.18 Å². The topological polar surface area (TPSA) is 70.7 Å². The predicted molar refractivity (Wildman–Crippen MR) is 74.0 cm³/mol. The molecule has 1 aromatic carbocycles.